The molecule has 1 heterocycles. The molecule has 1 aliphatic rings. The number of aliphatic hydroxyl groups excluding tert-OH is 1. The summed E-state index contributed by atoms with van der Waals surface area (Å²) in [6.07, 6.45) is 2.37. The van der Waals surface area contributed by atoms with Crippen molar-refractivity contribution in [2.45, 2.75) is 32.2 Å². The maximum Gasteiger partial charge on any atom is 0.223 e. The number of carbonyl (C=O) groups is 1. The lowest BCUT2D eigenvalue weighted by molar-refractivity contribution is -0.128. The number of aliphatic hydroxyl groups is 1. The molecule has 0 aromatic rings. The van der Waals surface area contributed by atoms with Gasteiger partial charge in [-0.3, -0.25) is 4.79 Å². The Hall–Kier alpha value is -0.610. The molecule has 4 nitrogen and oxygen atoms in total. The van der Waals surface area contributed by atoms with Crippen molar-refractivity contribution in [3.8, 4) is 0 Å². The molecule has 0 saturated carbocycles. The van der Waals surface area contributed by atoms with Gasteiger partial charge < -0.3 is 15.2 Å². The quantitative estimate of drug-likeness (QED) is 0.687. The third-order valence-electron chi connectivity index (χ3n) is 2.65. The second kappa shape index (κ2) is 5.98. The molecule has 14 heavy (non-hydrogen) atoms. The topological polar surface area (TPSA) is 58.6 Å². The van der Waals surface area contributed by atoms with Gasteiger partial charge in [-0.15, -0.1) is 0 Å². The molecular formula is C10H19NO3. The summed E-state index contributed by atoms with van der Waals surface area (Å²) in [5.41, 5.74) is 0. The highest BCUT2D eigenvalue weighted by Crippen LogP contribution is 2.14. The van der Waals surface area contributed by atoms with E-state index in [1.165, 1.54) is 0 Å². The van der Waals surface area contributed by atoms with Crippen molar-refractivity contribution < 1.29 is 14.6 Å². The van der Waals surface area contributed by atoms with Gasteiger partial charge in [-0.25, -0.2) is 0 Å². The van der Waals surface area contributed by atoms with E-state index in [-0.39, 0.29) is 24.5 Å². The van der Waals surface area contributed by atoms with Gasteiger partial charge in [0.15, 0.2) is 0 Å². The van der Waals surface area contributed by atoms with Gasteiger partial charge in [-0.2, -0.15) is 0 Å². The minimum absolute atomic E-state index is 0.0193. The fraction of sp³-hybridized carbons (Fsp3) is 0.900. The zero-order valence-corrected chi connectivity index (χ0v) is 8.66. The highest BCUT2D eigenvalue weighted by Gasteiger charge is 2.22. The molecular weight excluding hydrogens is 182 g/mol. The van der Waals surface area contributed by atoms with Crippen LogP contribution in [0.25, 0.3) is 0 Å². The van der Waals surface area contributed by atoms with Gasteiger partial charge >= 0.3 is 0 Å². The van der Waals surface area contributed by atoms with E-state index in [1.807, 2.05) is 6.92 Å². The van der Waals surface area contributed by atoms with Gasteiger partial charge in [0.05, 0.1) is 12.6 Å². The molecule has 1 aliphatic heterocycles. The normalized spacial score (nSPS) is 20.4. The number of nitrogens with one attached hydrogen (secondary N) is 1. The van der Waals surface area contributed by atoms with Crippen molar-refractivity contribution in [2.75, 3.05) is 19.8 Å². The molecule has 0 bridgehead atoms. The molecule has 82 valence electrons. The first-order valence-corrected chi connectivity index (χ1v) is 5.27. The summed E-state index contributed by atoms with van der Waals surface area (Å²) in [4.78, 5) is 11.6. The molecule has 0 spiro atoms. The first-order valence-electron chi connectivity index (χ1n) is 5.27. The molecule has 0 aromatic carbocycles. The maximum absolute atomic E-state index is 11.6. The molecule has 1 amide bonds. The summed E-state index contributed by atoms with van der Waals surface area (Å²) < 4.78 is 5.18. The Kier molecular flexibility index (Phi) is 4.90. The van der Waals surface area contributed by atoms with Crippen LogP contribution >= 0.6 is 0 Å². The lowest BCUT2D eigenvalue weighted by atomic mass is 9.99. The highest BCUT2D eigenvalue weighted by atomic mass is 16.5. The van der Waals surface area contributed by atoms with Crippen LogP contribution in [0.3, 0.4) is 0 Å². The predicted octanol–water partition coefficient (Wildman–Crippen LogP) is 0.300. The molecule has 0 aliphatic carbocycles. The molecule has 0 radical (unpaired) electrons. The van der Waals surface area contributed by atoms with Crippen molar-refractivity contribution in [3.63, 3.8) is 0 Å². The zero-order chi connectivity index (χ0) is 10.4. The Balaban J connectivity index is 2.32. The zero-order valence-electron chi connectivity index (χ0n) is 8.66. The van der Waals surface area contributed by atoms with Gasteiger partial charge in [0.2, 0.25) is 5.91 Å². The summed E-state index contributed by atoms with van der Waals surface area (Å²) >= 11 is 0. The molecule has 1 fully saturated rings. The third-order valence-corrected chi connectivity index (χ3v) is 2.65. The van der Waals surface area contributed by atoms with Crippen LogP contribution in [0.5, 0.6) is 0 Å². The van der Waals surface area contributed by atoms with Crippen molar-refractivity contribution in [2.24, 2.45) is 5.92 Å². The number of rotatable bonds is 4. The van der Waals surface area contributed by atoms with Crippen LogP contribution in [0.15, 0.2) is 0 Å². The van der Waals surface area contributed by atoms with E-state index >= 15 is 0 Å². The van der Waals surface area contributed by atoms with E-state index in [2.05, 4.69) is 5.32 Å². The molecule has 2 N–H and O–H groups in total. The van der Waals surface area contributed by atoms with E-state index in [9.17, 15) is 4.79 Å². The van der Waals surface area contributed by atoms with Crippen LogP contribution in [-0.4, -0.2) is 36.9 Å². The average Bonchev–Trinajstić information content (AvgIpc) is 2.26. The highest BCUT2D eigenvalue weighted by molar-refractivity contribution is 5.79. The average molecular weight is 201 g/mol. The summed E-state index contributed by atoms with van der Waals surface area (Å²) in [5, 5.41) is 11.8. The molecule has 0 aromatic heterocycles. The van der Waals surface area contributed by atoms with Crippen molar-refractivity contribution in [3.05, 3.63) is 0 Å². The first-order chi connectivity index (χ1) is 6.77. The van der Waals surface area contributed by atoms with E-state index < -0.39 is 0 Å². The second-order valence-electron chi connectivity index (χ2n) is 3.68. The lowest BCUT2D eigenvalue weighted by Gasteiger charge is -2.23. The number of hydrogen-bond donors (Lipinski definition) is 2. The first kappa shape index (κ1) is 11.5. The van der Waals surface area contributed by atoms with Crippen molar-refractivity contribution in [1.29, 1.82) is 0 Å². The van der Waals surface area contributed by atoms with Gasteiger partial charge in [0.1, 0.15) is 0 Å². The summed E-state index contributed by atoms with van der Waals surface area (Å²) in [5.74, 6) is 0.138. The summed E-state index contributed by atoms with van der Waals surface area (Å²) in [6.45, 7) is 3.32. The minimum Gasteiger partial charge on any atom is -0.394 e. The fourth-order valence-electron chi connectivity index (χ4n) is 1.56. The summed E-state index contributed by atoms with van der Waals surface area (Å²) in [7, 11) is 0. The molecule has 1 saturated heterocycles. The molecule has 0 unspecified atom stereocenters. The molecule has 4 heteroatoms. The van der Waals surface area contributed by atoms with Crippen LogP contribution in [0.1, 0.15) is 26.2 Å². The number of amides is 1. The van der Waals surface area contributed by atoms with Crippen LogP contribution in [0.2, 0.25) is 0 Å². The van der Waals surface area contributed by atoms with E-state index in [0.29, 0.717) is 13.2 Å². The number of carbonyl (C=O) groups excluding carboxylic acids is 1. The Morgan fingerprint density at radius 1 is 1.57 bits per heavy atom. The SMILES string of the molecule is CC[C@@H](CO)NC(=O)C1CCOCC1. The van der Waals surface area contributed by atoms with Gasteiger partial charge in [-0.05, 0) is 19.3 Å². The van der Waals surface area contributed by atoms with E-state index in [4.69, 9.17) is 9.84 Å². The largest absolute Gasteiger partial charge is 0.394 e. The number of ether oxygens (including phenoxy) is 1. The van der Waals surface area contributed by atoms with Crippen LogP contribution in [-0.2, 0) is 9.53 Å². The van der Waals surface area contributed by atoms with Gasteiger partial charge in [0.25, 0.3) is 0 Å². The van der Waals surface area contributed by atoms with Gasteiger partial charge in [0, 0.05) is 19.1 Å². The lowest BCUT2D eigenvalue weighted by Crippen LogP contribution is -2.42. The Bertz CT molecular complexity index is 174. The van der Waals surface area contributed by atoms with Gasteiger partial charge in [-0.1, -0.05) is 6.92 Å². The smallest absolute Gasteiger partial charge is 0.223 e. The maximum atomic E-state index is 11.6. The van der Waals surface area contributed by atoms with E-state index in [1.54, 1.807) is 0 Å². The van der Waals surface area contributed by atoms with E-state index in [0.717, 1.165) is 19.3 Å². The molecule has 1 rings (SSSR count). The van der Waals surface area contributed by atoms with Crippen LogP contribution in [0.4, 0.5) is 0 Å². The summed E-state index contributed by atoms with van der Waals surface area (Å²) in [6, 6.07) is -0.0923. The van der Waals surface area contributed by atoms with Crippen LogP contribution in [0, 0.1) is 5.92 Å². The van der Waals surface area contributed by atoms with Crippen LogP contribution < -0.4 is 5.32 Å². The number of hydrogen-bond acceptors (Lipinski definition) is 3. The molecule has 1 atom stereocenters. The second-order valence-corrected chi connectivity index (χ2v) is 3.68. The Morgan fingerprint density at radius 3 is 2.71 bits per heavy atom. The van der Waals surface area contributed by atoms with Crippen molar-refractivity contribution >= 4 is 5.91 Å². The Labute approximate surface area is 84.6 Å². The monoisotopic (exact) mass is 201 g/mol. The third kappa shape index (κ3) is 3.27. The van der Waals surface area contributed by atoms with Crippen molar-refractivity contribution in [1.82, 2.24) is 5.32 Å². The predicted molar refractivity (Wildman–Crippen MR) is 52.9 cm³/mol. The fourth-order valence-corrected chi connectivity index (χ4v) is 1.56. The standard InChI is InChI=1S/C10H19NO3/c1-2-9(7-12)11-10(13)8-3-5-14-6-4-8/h8-9,12H,2-7H2,1H3,(H,11,13)/t9-/m0/s1. The Morgan fingerprint density at radius 2 is 2.21 bits per heavy atom. The minimum atomic E-state index is -0.0923.